The molecule has 104 valence electrons. The van der Waals surface area contributed by atoms with Gasteiger partial charge >= 0.3 is 6.03 Å². The van der Waals surface area contributed by atoms with Crippen LogP contribution in [0.5, 0.6) is 0 Å². The number of rotatable bonds is 2. The molecule has 2 rings (SSSR count). The van der Waals surface area contributed by atoms with Crippen molar-refractivity contribution in [1.29, 1.82) is 0 Å². The van der Waals surface area contributed by atoms with Crippen LogP contribution in [-0.2, 0) is 0 Å². The highest BCUT2D eigenvalue weighted by Crippen LogP contribution is 2.22. The van der Waals surface area contributed by atoms with Crippen molar-refractivity contribution in [2.45, 2.75) is 32.2 Å². The van der Waals surface area contributed by atoms with E-state index in [1.807, 2.05) is 11.8 Å². The second kappa shape index (κ2) is 7.24. The Morgan fingerprint density at radius 1 is 1.22 bits per heavy atom. The van der Waals surface area contributed by atoms with Crippen LogP contribution in [0.2, 0.25) is 0 Å². The Labute approximate surface area is 114 Å². The molecule has 5 heteroatoms. The molecule has 0 spiro atoms. The highest BCUT2D eigenvalue weighted by Gasteiger charge is 2.25. The van der Waals surface area contributed by atoms with Gasteiger partial charge in [0.05, 0.1) is 0 Å². The number of nitrogens with zero attached hydrogens (tertiary/aromatic N) is 2. The molecule has 1 N–H and O–H groups in total. The summed E-state index contributed by atoms with van der Waals surface area (Å²) in [6.45, 7) is 6.69. The molecule has 0 unspecified atom stereocenters. The van der Waals surface area contributed by atoms with Gasteiger partial charge in [-0.05, 0) is 37.7 Å². The second-order valence-corrected chi connectivity index (χ2v) is 6.28. The molecule has 0 aromatic carbocycles. The van der Waals surface area contributed by atoms with Gasteiger partial charge in [-0.2, -0.15) is 11.8 Å². The lowest BCUT2D eigenvalue weighted by atomic mass is 10.1. The van der Waals surface area contributed by atoms with Crippen LogP contribution in [0.15, 0.2) is 0 Å². The van der Waals surface area contributed by atoms with E-state index >= 15 is 0 Å². The standard InChI is InChI=1S/C13H25N3OS/c1-2-14-13(17)16-7-3-6-15(8-9-16)12-4-10-18-11-5-12/h12H,2-11H2,1H3,(H,14,17). The molecule has 0 aliphatic carbocycles. The van der Waals surface area contributed by atoms with Crippen LogP contribution in [0, 0.1) is 0 Å². The summed E-state index contributed by atoms with van der Waals surface area (Å²) in [5.41, 5.74) is 0. The van der Waals surface area contributed by atoms with E-state index in [9.17, 15) is 4.79 Å². The highest BCUT2D eigenvalue weighted by atomic mass is 32.2. The lowest BCUT2D eigenvalue weighted by Gasteiger charge is -2.33. The van der Waals surface area contributed by atoms with Crippen LogP contribution in [0.3, 0.4) is 0 Å². The van der Waals surface area contributed by atoms with E-state index in [0.29, 0.717) is 0 Å². The average molecular weight is 271 g/mol. The third kappa shape index (κ3) is 3.79. The molecule has 2 fully saturated rings. The first-order chi connectivity index (χ1) is 8.81. The first kappa shape index (κ1) is 14.0. The Kier molecular flexibility index (Phi) is 5.63. The van der Waals surface area contributed by atoms with Crippen molar-refractivity contribution in [2.75, 3.05) is 44.2 Å². The molecule has 0 bridgehead atoms. The monoisotopic (exact) mass is 271 g/mol. The third-order valence-electron chi connectivity index (χ3n) is 3.85. The fraction of sp³-hybridized carbons (Fsp3) is 0.923. The molecule has 2 amide bonds. The molecule has 2 saturated heterocycles. The fourth-order valence-corrected chi connectivity index (χ4v) is 3.90. The van der Waals surface area contributed by atoms with Crippen molar-refractivity contribution in [1.82, 2.24) is 15.1 Å². The highest BCUT2D eigenvalue weighted by molar-refractivity contribution is 7.99. The molecule has 0 aromatic heterocycles. The van der Waals surface area contributed by atoms with Crippen molar-refractivity contribution >= 4 is 17.8 Å². The van der Waals surface area contributed by atoms with E-state index in [1.165, 1.54) is 24.3 Å². The van der Waals surface area contributed by atoms with Gasteiger partial charge in [-0.1, -0.05) is 0 Å². The molecule has 0 atom stereocenters. The summed E-state index contributed by atoms with van der Waals surface area (Å²) >= 11 is 2.08. The van der Waals surface area contributed by atoms with Crippen LogP contribution in [0.4, 0.5) is 4.79 Å². The zero-order chi connectivity index (χ0) is 12.8. The molecule has 0 aromatic rings. The summed E-state index contributed by atoms with van der Waals surface area (Å²) < 4.78 is 0. The summed E-state index contributed by atoms with van der Waals surface area (Å²) in [7, 11) is 0. The number of nitrogens with one attached hydrogen (secondary N) is 1. The van der Waals surface area contributed by atoms with Gasteiger partial charge in [0.15, 0.2) is 0 Å². The Bertz CT molecular complexity index is 269. The average Bonchev–Trinajstić information content (AvgIpc) is 2.66. The summed E-state index contributed by atoms with van der Waals surface area (Å²) in [5.74, 6) is 2.61. The molecule has 2 heterocycles. The van der Waals surface area contributed by atoms with Gasteiger partial charge in [0, 0.05) is 38.8 Å². The van der Waals surface area contributed by atoms with Crippen molar-refractivity contribution in [3.05, 3.63) is 0 Å². The number of thioether (sulfide) groups is 1. The lowest BCUT2D eigenvalue weighted by Crippen LogP contribution is -2.43. The molecular formula is C13H25N3OS. The van der Waals surface area contributed by atoms with E-state index in [-0.39, 0.29) is 6.03 Å². The first-order valence-corrected chi connectivity index (χ1v) is 8.31. The van der Waals surface area contributed by atoms with E-state index in [2.05, 4.69) is 22.0 Å². The number of carbonyl (C=O) groups is 1. The number of hydrogen-bond donors (Lipinski definition) is 1. The molecule has 0 radical (unpaired) electrons. The Balaban J connectivity index is 1.82. The normalized spacial score (nSPS) is 23.7. The predicted octanol–water partition coefficient (Wildman–Crippen LogP) is 1.62. The van der Waals surface area contributed by atoms with Gasteiger partial charge in [-0.3, -0.25) is 4.90 Å². The van der Waals surface area contributed by atoms with Gasteiger partial charge in [0.2, 0.25) is 0 Å². The maximum Gasteiger partial charge on any atom is 0.317 e. The summed E-state index contributed by atoms with van der Waals surface area (Å²) in [5, 5.41) is 2.90. The SMILES string of the molecule is CCNC(=O)N1CCCN(C2CCSCC2)CC1. The predicted molar refractivity (Wildman–Crippen MR) is 77.2 cm³/mol. The molecule has 2 aliphatic rings. The Morgan fingerprint density at radius 2 is 2.00 bits per heavy atom. The minimum absolute atomic E-state index is 0.110. The molecule has 0 saturated carbocycles. The van der Waals surface area contributed by atoms with Crippen LogP contribution in [-0.4, -0.2) is 66.1 Å². The maximum absolute atomic E-state index is 11.8. The molecule has 2 aliphatic heterocycles. The topological polar surface area (TPSA) is 35.6 Å². The van der Waals surface area contributed by atoms with Crippen molar-refractivity contribution in [3.63, 3.8) is 0 Å². The van der Waals surface area contributed by atoms with E-state index in [4.69, 9.17) is 0 Å². The van der Waals surface area contributed by atoms with Gasteiger partial charge in [0.25, 0.3) is 0 Å². The maximum atomic E-state index is 11.8. The van der Waals surface area contributed by atoms with Gasteiger partial charge in [-0.25, -0.2) is 4.79 Å². The quantitative estimate of drug-likeness (QED) is 0.829. The van der Waals surface area contributed by atoms with E-state index in [1.54, 1.807) is 0 Å². The Hall–Kier alpha value is -0.420. The zero-order valence-corrected chi connectivity index (χ0v) is 12.2. The van der Waals surface area contributed by atoms with Crippen molar-refractivity contribution < 1.29 is 4.79 Å². The summed E-state index contributed by atoms with van der Waals surface area (Å²) in [6.07, 6.45) is 3.76. The number of carbonyl (C=O) groups excluding carboxylic acids is 1. The van der Waals surface area contributed by atoms with E-state index < -0.39 is 0 Å². The minimum Gasteiger partial charge on any atom is -0.338 e. The van der Waals surface area contributed by atoms with Gasteiger partial charge in [-0.15, -0.1) is 0 Å². The molecule has 4 nitrogen and oxygen atoms in total. The second-order valence-electron chi connectivity index (χ2n) is 5.06. The van der Waals surface area contributed by atoms with Crippen molar-refractivity contribution in [3.8, 4) is 0 Å². The van der Waals surface area contributed by atoms with Crippen LogP contribution in [0.1, 0.15) is 26.2 Å². The summed E-state index contributed by atoms with van der Waals surface area (Å²) in [4.78, 5) is 16.4. The minimum atomic E-state index is 0.110. The van der Waals surface area contributed by atoms with Crippen LogP contribution >= 0.6 is 11.8 Å². The fourth-order valence-electron chi connectivity index (χ4n) is 2.82. The zero-order valence-electron chi connectivity index (χ0n) is 11.4. The summed E-state index contributed by atoms with van der Waals surface area (Å²) in [6, 6.07) is 0.874. The van der Waals surface area contributed by atoms with Gasteiger partial charge in [0.1, 0.15) is 0 Å². The lowest BCUT2D eigenvalue weighted by molar-refractivity contribution is 0.182. The van der Waals surface area contributed by atoms with Crippen LogP contribution < -0.4 is 5.32 Å². The number of hydrogen-bond acceptors (Lipinski definition) is 3. The van der Waals surface area contributed by atoms with E-state index in [0.717, 1.165) is 45.2 Å². The smallest absolute Gasteiger partial charge is 0.317 e. The first-order valence-electron chi connectivity index (χ1n) is 7.16. The third-order valence-corrected chi connectivity index (χ3v) is 4.90. The largest absolute Gasteiger partial charge is 0.338 e. The van der Waals surface area contributed by atoms with Gasteiger partial charge < -0.3 is 10.2 Å². The van der Waals surface area contributed by atoms with Crippen molar-refractivity contribution in [2.24, 2.45) is 0 Å². The molecule has 18 heavy (non-hydrogen) atoms. The number of amides is 2. The molecular weight excluding hydrogens is 246 g/mol. The van der Waals surface area contributed by atoms with Crippen LogP contribution in [0.25, 0.3) is 0 Å². The number of urea groups is 1. The Morgan fingerprint density at radius 3 is 2.72 bits per heavy atom.